The van der Waals surface area contributed by atoms with Crippen LogP contribution in [-0.4, -0.2) is 32.5 Å². The fourth-order valence-corrected chi connectivity index (χ4v) is 3.05. The standard InChI is InChI=1S/C15H18F2N4O/c16-11-3-4-13(14(17)6-11)15(22,7-12-2-1-5-19-12)8-21-10-18-9-20-21/h3-4,6,9-10,12,19,22H,1-2,5,7-8H2. The number of hydrogen-bond donors (Lipinski definition) is 2. The molecule has 0 aliphatic carbocycles. The summed E-state index contributed by atoms with van der Waals surface area (Å²) in [6, 6.07) is 3.35. The van der Waals surface area contributed by atoms with Crippen LogP contribution in [0.3, 0.4) is 0 Å². The quantitative estimate of drug-likeness (QED) is 0.880. The third kappa shape index (κ3) is 3.15. The summed E-state index contributed by atoms with van der Waals surface area (Å²) >= 11 is 0. The molecule has 0 amide bonds. The summed E-state index contributed by atoms with van der Waals surface area (Å²) in [5.74, 6) is -1.41. The summed E-state index contributed by atoms with van der Waals surface area (Å²) in [7, 11) is 0. The minimum atomic E-state index is -1.48. The molecule has 2 heterocycles. The fraction of sp³-hybridized carbons (Fsp3) is 0.467. The van der Waals surface area contributed by atoms with Gasteiger partial charge in [0.05, 0.1) is 6.54 Å². The molecule has 7 heteroatoms. The van der Waals surface area contributed by atoms with E-state index in [4.69, 9.17) is 0 Å². The van der Waals surface area contributed by atoms with E-state index in [2.05, 4.69) is 15.4 Å². The van der Waals surface area contributed by atoms with Crippen molar-refractivity contribution in [2.75, 3.05) is 6.54 Å². The van der Waals surface area contributed by atoms with Gasteiger partial charge in [0, 0.05) is 17.7 Å². The van der Waals surface area contributed by atoms with Crippen LogP contribution >= 0.6 is 0 Å². The van der Waals surface area contributed by atoms with Crippen LogP contribution < -0.4 is 5.32 Å². The molecule has 1 fully saturated rings. The van der Waals surface area contributed by atoms with Crippen molar-refractivity contribution in [1.29, 1.82) is 0 Å². The molecule has 0 radical (unpaired) electrons. The predicted molar refractivity (Wildman–Crippen MR) is 75.9 cm³/mol. The molecule has 1 saturated heterocycles. The third-order valence-electron chi connectivity index (χ3n) is 4.07. The molecule has 0 spiro atoms. The first kappa shape index (κ1) is 15.1. The largest absolute Gasteiger partial charge is 0.383 e. The van der Waals surface area contributed by atoms with Crippen molar-refractivity contribution in [1.82, 2.24) is 20.1 Å². The zero-order chi connectivity index (χ0) is 15.6. The van der Waals surface area contributed by atoms with E-state index in [9.17, 15) is 13.9 Å². The second-order valence-electron chi connectivity index (χ2n) is 5.75. The van der Waals surface area contributed by atoms with Crippen LogP contribution in [0.2, 0.25) is 0 Å². The van der Waals surface area contributed by atoms with Crippen molar-refractivity contribution in [2.45, 2.75) is 37.5 Å². The van der Waals surface area contributed by atoms with Crippen molar-refractivity contribution in [3.63, 3.8) is 0 Å². The smallest absolute Gasteiger partial charge is 0.137 e. The van der Waals surface area contributed by atoms with Crippen LogP contribution in [0, 0.1) is 11.6 Å². The van der Waals surface area contributed by atoms with Gasteiger partial charge in [-0.2, -0.15) is 5.10 Å². The first-order valence-corrected chi connectivity index (χ1v) is 7.30. The van der Waals surface area contributed by atoms with E-state index in [0.29, 0.717) is 6.42 Å². The Morgan fingerprint density at radius 2 is 2.27 bits per heavy atom. The molecule has 0 saturated carbocycles. The average Bonchev–Trinajstić information content (AvgIpc) is 3.12. The van der Waals surface area contributed by atoms with E-state index in [1.165, 1.54) is 23.4 Å². The molecular weight excluding hydrogens is 290 g/mol. The van der Waals surface area contributed by atoms with E-state index in [-0.39, 0.29) is 18.2 Å². The Morgan fingerprint density at radius 3 is 2.91 bits per heavy atom. The Hall–Kier alpha value is -1.86. The van der Waals surface area contributed by atoms with Crippen LogP contribution in [0.5, 0.6) is 0 Å². The van der Waals surface area contributed by atoms with Crippen molar-refractivity contribution in [3.05, 3.63) is 48.1 Å². The SMILES string of the molecule is OC(CC1CCCN1)(Cn1cncn1)c1ccc(F)cc1F. The average molecular weight is 308 g/mol. The van der Waals surface area contributed by atoms with Gasteiger partial charge < -0.3 is 10.4 Å². The second-order valence-corrected chi connectivity index (χ2v) is 5.75. The van der Waals surface area contributed by atoms with E-state index >= 15 is 0 Å². The Bertz CT molecular complexity index is 628. The molecule has 1 aliphatic heterocycles. The molecule has 2 unspecified atom stereocenters. The highest BCUT2D eigenvalue weighted by Crippen LogP contribution is 2.32. The molecule has 2 atom stereocenters. The number of aromatic nitrogens is 3. The van der Waals surface area contributed by atoms with E-state index in [1.807, 2.05) is 0 Å². The van der Waals surface area contributed by atoms with Gasteiger partial charge >= 0.3 is 0 Å². The Kier molecular flexibility index (Phi) is 4.17. The highest BCUT2D eigenvalue weighted by Gasteiger charge is 2.36. The van der Waals surface area contributed by atoms with Crippen molar-refractivity contribution in [3.8, 4) is 0 Å². The van der Waals surface area contributed by atoms with Gasteiger partial charge in [-0.05, 0) is 31.9 Å². The maximum absolute atomic E-state index is 14.2. The molecular formula is C15H18F2N4O. The zero-order valence-electron chi connectivity index (χ0n) is 12.0. The lowest BCUT2D eigenvalue weighted by atomic mass is 9.86. The maximum Gasteiger partial charge on any atom is 0.137 e. The highest BCUT2D eigenvalue weighted by atomic mass is 19.1. The summed E-state index contributed by atoms with van der Waals surface area (Å²) < 4.78 is 28.8. The van der Waals surface area contributed by atoms with E-state index in [1.54, 1.807) is 0 Å². The zero-order valence-corrected chi connectivity index (χ0v) is 12.0. The minimum Gasteiger partial charge on any atom is -0.383 e. The number of hydrogen-bond acceptors (Lipinski definition) is 4. The van der Waals surface area contributed by atoms with Gasteiger partial charge in [0.25, 0.3) is 0 Å². The number of halogens is 2. The minimum absolute atomic E-state index is 0.0632. The molecule has 2 aromatic rings. The molecule has 1 aromatic heterocycles. The lowest BCUT2D eigenvalue weighted by Crippen LogP contribution is -2.39. The second kappa shape index (κ2) is 6.10. The van der Waals surface area contributed by atoms with Crippen LogP contribution in [-0.2, 0) is 12.1 Å². The van der Waals surface area contributed by atoms with Gasteiger partial charge in [0.2, 0.25) is 0 Å². The Morgan fingerprint density at radius 1 is 1.41 bits per heavy atom. The summed E-state index contributed by atoms with van der Waals surface area (Å²) in [6.07, 6.45) is 5.09. The summed E-state index contributed by atoms with van der Waals surface area (Å²) in [5, 5.41) is 18.4. The van der Waals surface area contributed by atoms with Crippen molar-refractivity contribution < 1.29 is 13.9 Å². The predicted octanol–water partition coefficient (Wildman–Crippen LogP) is 1.59. The lowest BCUT2D eigenvalue weighted by Gasteiger charge is -2.31. The first-order chi connectivity index (χ1) is 10.6. The fourth-order valence-electron chi connectivity index (χ4n) is 3.05. The monoisotopic (exact) mass is 308 g/mol. The summed E-state index contributed by atoms with van der Waals surface area (Å²) in [4.78, 5) is 3.84. The number of rotatable bonds is 5. The third-order valence-corrected chi connectivity index (χ3v) is 4.07. The molecule has 118 valence electrons. The molecule has 5 nitrogen and oxygen atoms in total. The Labute approximate surface area is 127 Å². The first-order valence-electron chi connectivity index (χ1n) is 7.30. The van der Waals surface area contributed by atoms with Crippen LogP contribution in [0.15, 0.2) is 30.9 Å². The number of nitrogens with zero attached hydrogens (tertiary/aromatic N) is 3. The van der Waals surface area contributed by atoms with Gasteiger partial charge in [-0.15, -0.1) is 0 Å². The molecule has 1 aliphatic rings. The van der Waals surface area contributed by atoms with E-state index < -0.39 is 17.2 Å². The highest BCUT2D eigenvalue weighted by molar-refractivity contribution is 5.25. The number of benzene rings is 1. The number of nitrogens with one attached hydrogen (secondary N) is 1. The summed E-state index contributed by atoms with van der Waals surface area (Å²) in [5.41, 5.74) is -1.40. The van der Waals surface area contributed by atoms with Crippen molar-refractivity contribution >= 4 is 0 Å². The van der Waals surface area contributed by atoms with Crippen LogP contribution in [0.4, 0.5) is 8.78 Å². The summed E-state index contributed by atoms with van der Waals surface area (Å²) in [6.45, 7) is 0.948. The molecule has 1 aromatic carbocycles. The van der Waals surface area contributed by atoms with Crippen molar-refractivity contribution in [2.24, 2.45) is 0 Å². The molecule has 0 bridgehead atoms. The van der Waals surface area contributed by atoms with Gasteiger partial charge in [-0.1, -0.05) is 6.07 Å². The molecule has 22 heavy (non-hydrogen) atoms. The Balaban J connectivity index is 1.93. The van der Waals surface area contributed by atoms with Crippen LogP contribution in [0.1, 0.15) is 24.8 Å². The topological polar surface area (TPSA) is 63.0 Å². The van der Waals surface area contributed by atoms with Gasteiger partial charge in [0.15, 0.2) is 0 Å². The van der Waals surface area contributed by atoms with Gasteiger partial charge in [-0.25, -0.2) is 18.4 Å². The van der Waals surface area contributed by atoms with Gasteiger partial charge in [-0.3, -0.25) is 0 Å². The van der Waals surface area contributed by atoms with E-state index in [0.717, 1.165) is 31.5 Å². The van der Waals surface area contributed by atoms with Gasteiger partial charge in [0.1, 0.15) is 29.9 Å². The maximum atomic E-state index is 14.2. The lowest BCUT2D eigenvalue weighted by molar-refractivity contribution is -0.00475. The normalized spacial score (nSPS) is 21.0. The molecule has 2 N–H and O–H groups in total. The number of aliphatic hydroxyl groups is 1. The van der Waals surface area contributed by atoms with Crippen LogP contribution in [0.25, 0.3) is 0 Å². The molecule has 3 rings (SSSR count).